The highest BCUT2D eigenvalue weighted by molar-refractivity contribution is 5.89. The number of nitrogens with zero attached hydrogens (tertiary/aromatic N) is 2. The van der Waals surface area contributed by atoms with E-state index in [4.69, 9.17) is 5.26 Å². The maximum absolute atomic E-state index is 13.3. The number of aliphatic hydroxyl groups excluding tert-OH is 1. The molecule has 2 amide bonds. The second kappa shape index (κ2) is 12.0. The zero-order valence-electron chi connectivity index (χ0n) is 20.2. The van der Waals surface area contributed by atoms with Crippen molar-refractivity contribution in [2.24, 2.45) is 5.92 Å². The van der Waals surface area contributed by atoms with Crippen LogP contribution >= 0.6 is 0 Å². The number of β-amino-alcohol motifs (C(OH)–C–C–N with tert-alkyl or cyclic N) is 1. The number of likely N-dealkylation sites (tertiary alicyclic amines) is 1. The Labute approximate surface area is 201 Å². The van der Waals surface area contributed by atoms with E-state index in [0.29, 0.717) is 36.1 Å². The number of carbonyl (C=O) groups excluding carboxylic acids is 1. The molecule has 0 spiro atoms. The van der Waals surface area contributed by atoms with Crippen LogP contribution in [0.5, 0.6) is 0 Å². The molecule has 1 saturated heterocycles. The summed E-state index contributed by atoms with van der Waals surface area (Å²) >= 11 is 0. The molecule has 3 N–H and O–H groups in total. The van der Waals surface area contributed by atoms with E-state index in [1.807, 2.05) is 12.1 Å². The normalized spacial score (nSPS) is 20.4. The Kier molecular flexibility index (Phi) is 9.03. The summed E-state index contributed by atoms with van der Waals surface area (Å²) in [5.41, 5.74) is 2.16. The van der Waals surface area contributed by atoms with Gasteiger partial charge in [0.15, 0.2) is 0 Å². The highest BCUT2D eigenvalue weighted by atomic mass is 19.1. The van der Waals surface area contributed by atoms with Crippen LogP contribution in [0.15, 0.2) is 48.5 Å². The average Bonchev–Trinajstić information content (AvgIpc) is 2.80. The summed E-state index contributed by atoms with van der Waals surface area (Å²) in [5, 5.41) is 25.8. The summed E-state index contributed by atoms with van der Waals surface area (Å²) in [6, 6.07) is 15.0. The zero-order valence-corrected chi connectivity index (χ0v) is 20.2. The van der Waals surface area contributed by atoms with Crippen molar-refractivity contribution in [1.82, 2.24) is 10.2 Å². The Balaban J connectivity index is 1.58. The van der Waals surface area contributed by atoms with Gasteiger partial charge in [-0.15, -0.1) is 0 Å². The van der Waals surface area contributed by atoms with Gasteiger partial charge in [0.1, 0.15) is 5.82 Å². The quantitative estimate of drug-likeness (QED) is 0.518. The fourth-order valence-corrected chi connectivity index (χ4v) is 4.72. The highest BCUT2D eigenvalue weighted by Crippen LogP contribution is 2.32. The molecular formula is C27H35FN4O2. The van der Waals surface area contributed by atoms with E-state index in [9.17, 15) is 14.3 Å². The number of rotatable bonds is 8. The average molecular weight is 467 g/mol. The number of amides is 2. The van der Waals surface area contributed by atoms with Crippen LogP contribution in [0.3, 0.4) is 0 Å². The molecule has 0 bridgehead atoms. The van der Waals surface area contributed by atoms with Gasteiger partial charge in [0, 0.05) is 18.3 Å². The number of aliphatic hydroxyl groups is 1. The molecular weight excluding hydrogens is 431 g/mol. The smallest absolute Gasteiger partial charge is 0.319 e. The molecule has 1 aliphatic rings. The van der Waals surface area contributed by atoms with Crippen molar-refractivity contribution in [3.63, 3.8) is 0 Å². The van der Waals surface area contributed by atoms with Gasteiger partial charge in [-0.2, -0.15) is 5.26 Å². The third kappa shape index (κ3) is 7.28. The van der Waals surface area contributed by atoms with Crippen molar-refractivity contribution >= 4 is 11.7 Å². The summed E-state index contributed by atoms with van der Waals surface area (Å²) in [4.78, 5) is 14.9. The number of anilines is 1. The van der Waals surface area contributed by atoms with E-state index in [1.165, 1.54) is 12.1 Å². The minimum atomic E-state index is -0.719. The van der Waals surface area contributed by atoms with E-state index in [1.54, 1.807) is 24.3 Å². The van der Waals surface area contributed by atoms with Crippen LogP contribution in [0.4, 0.5) is 14.9 Å². The largest absolute Gasteiger partial charge is 0.390 e. The molecule has 7 heteroatoms. The Hall–Kier alpha value is -2.95. The number of nitriles is 1. The van der Waals surface area contributed by atoms with Crippen molar-refractivity contribution in [2.75, 3.05) is 18.4 Å². The zero-order chi connectivity index (χ0) is 24.7. The van der Waals surface area contributed by atoms with Gasteiger partial charge in [0.05, 0.1) is 23.8 Å². The summed E-state index contributed by atoms with van der Waals surface area (Å²) in [6.45, 7) is 7.59. The lowest BCUT2D eigenvalue weighted by Gasteiger charge is -2.40. The number of piperidine rings is 1. The fraction of sp³-hybridized carbons (Fsp3) is 0.481. The van der Waals surface area contributed by atoms with Crippen molar-refractivity contribution in [1.29, 1.82) is 5.26 Å². The lowest BCUT2D eigenvalue weighted by molar-refractivity contribution is 0.0442. The first kappa shape index (κ1) is 25.7. The second-order valence-corrected chi connectivity index (χ2v) is 9.71. The molecule has 34 heavy (non-hydrogen) atoms. The van der Waals surface area contributed by atoms with Gasteiger partial charge in [-0.3, -0.25) is 4.90 Å². The number of benzene rings is 2. The standard InChI is InChI=1S/C27H35FN4O2/c1-18(2)13-25(31-27(34)30-24-6-4-5-20(15-24)16-29)26(33)17-32-12-11-22(14-19(32)3)21-7-9-23(28)10-8-21/h4-10,15,18-19,22,25-26,33H,11-14,17H2,1-3H3,(H2,30,31,34)/t19?,22?,25-,26-/m1/s1. The molecule has 2 unspecified atom stereocenters. The number of urea groups is 1. The SMILES string of the molecule is CC(C)C[C@@H](NC(=O)Nc1cccc(C#N)c1)[C@H](O)CN1CCC(c2ccc(F)cc2)CC1C. The lowest BCUT2D eigenvalue weighted by Crippen LogP contribution is -2.52. The first-order valence-corrected chi connectivity index (χ1v) is 12.0. The number of halogens is 1. The maximum Gasteiger partial charge on any atom is 0.319 e. The van der Waals surface area contributed by atoms with Crippen LogP contribution in [0.1, 0.15) is 57.1 Å². The molecule has 0 aliphatic carbocycles. The molecule has 6 nitrogen and oxygen atoms in total. The van der Waals surface area contributed by atoms with E-state index in [2.05, 4.69) is 42.4 Å². The maximum atomic E-state index is 13.3. The first-order chi connectivity index (χ1) is 16.2. The molecule has 4 atom stereocenters. The van der Waals surface area contributed by atoms with Crippen LogP contribution in [0.2, 0.25) is 0 Å². The van der Waals surface area contributed by atoms with Gasteiger partial charge in [-0.1, -0.05) is 32.0 Å². The molecule has 2 aromatic carbocycles. The first-order valence-electron chi connectivity index (χ1n) is 12.0. The second-order valence-electron chi connectivity index (χ2n) is 9.71. The fourth-order valence-electron chi connectivity index (χ4n) is 4.72. The summed E-state index contributed by atoms with van der Waals surface area (Å²) in [6.07, 6.45) is 1.81. The van der Waals surface area contributed by atoms with Crippen LogP contribution in [0, 0.1) is 23.1 Å². The number of carbonyl (C=O) groups is 1. The van der Waals surface area contributed by atoms with Crippen LogP contribution in [-0.4, -0.2) is 47.3 Å². The number of hydrogen-bond acceptors (Lipinski definition) is 4. The van der Waals surface area contributed by atoms with Crippen molar-refractivity contribution in [3.05, 3.63) is 65.5 Å². The van der Waals surface area contributed by atoms with E-state index in [0.717, 1.165) is 24.9 Å². The molecule has 1 aliphatic heterocycles. The predicted molar refractivity (Wildman–Crippen MR) is 132 cm³/mol. The summed E-state index contributed by atoms with van der Waals surface area (Å²) in [5.74, 6) is 0.454. The highest BCUT2D eigenvalue weighted by Gasteiger charge is 2.31. The Bertz CT molecular complexity index is 989. The molecule has 1 heterocycles. The Morgan fingerprint density at radius 2 is 2.00 bits per heavy atom. The van der Waals surface area contributed by atoms with Gasteiger partial charge >= 0.3 is 6.03 Å². The van der Waals surface area contributed by atoms with Crippen molar-refractivity contribution in [2.45, 2.75) is 64.1 Å². The van der Waals surface area contributed by atoms with E-state index >= 15 is 0 Å². The number of hydrogen-bond donors (Lipinski definition) is 3. The van der Waals surface area contributed by atoms with E-state index in [-0.39, 0.29) is 11.9 Å². The Morgan fingerprint density at radius 3 is 2.65 bits per heavy atom. The third-order valence-corrected chi connectivity index (χ3v) is 6.53. The third-order valence-electron chi connectivity index (χ3n) is 6.53. The lowest BCUT2D eigenvalue weighted by atomic mass is 9.85. The summed E-state index contributed by atoms with van der Waals surface area (Å²) < 4.78 is 13.3. The topological polar surface area (TPSA) is 88.4 Å². The molecule has 1 fully saturated rings. The van der Waals surface area contributed by atoms with Crippen molar-refractivity contribution in [3.8, 4) is 6.07 Å². The molecule has 3 rings (SSSR count). The minimum Gasteiger partial charge on any atom is -0.390 e. The number of nitrogens with one attached hydrogen (secondary N) is 2. The van der Waals surface area contributed by atoms with Gasteiger partial charge in [-0.05, 0) is 80.5 Å². The molecule has 182 valence electrons. The van der Waals surface area contributed by atoms with Gasteiger partial charge in [0.2, 0.25) is 0 Å². The molecule has 2 aromatic rings. The molecule has 0 aromatic heterocycles. The van der Waals surface area contributed by atoms with Gasteiger partial charge in [0.25, 0.3) is 0 Å². The molecule has 0 saturated carbocycles. The van der Waals surface area contributed by atoms with Gasteiger partial charge in [-0.25, -0.2) is 9.18 Å². The summed E-state index contributed by atoms with van der Waals surface area (Å²) in [7, 11) is 0. The van der Waals surface area contributed by atoms with Crippen LogP contribution < -0.4 is 10.6 Å². The molecule has 0 radical (unpaired) electrons. The minimum absolute atomic E-state index is 0.220. The van der Waals surface area contributed by atoms with E-state index < -0.39 is 18.2 Å². The monoisotopic (exact) mass is 466 g/mol. The van der Waals surface area contributed by atoms with Crippen molar-refractivity contribution < 1.29 is 14.3 Å². The predicted octanol–water partition coefficient (Wildman–Crippen LogP) is 4.86. The van der Waals surface area contributed by atoms with Crippen LogP contribution in [0.25, 0.3) is 0 Å². The van der Waals surface area contributed by atoms with Gasteiger partial charge < -0.3 is 15.7 Å². The van der Waals surface area contributed by atoms with Crippen LogP contribution in [-0.2, 0) is 0 Å². The Morgan fingerprint density at radius 1 is 1.26 bits per heavy atom.